The van der Waals surface area contributed by atoms with E-state index in [1.54, 1.807) is 0 Å². The molecule has 4 nitrogen and oxygen atoms in total. The number of hydrogen-bond acceptors (Lipinski definition) is 2. The fraction of sp³-hybridized carbons (Fsp3) is 0.211. The lowest BCUT2D eigenvalue weighted by Crippen LogP contribution is -2.61. The van der Waals surface area contributed by atoms with E-state index in [4.69, 9.17) is 0 Å². The summed E-state index contributed by atoms with van der Waals surface area (Å²) < 4.78 is 44.1. The minimum atomic E-state index is -0.422. The predicted octanol–water partition coefficient (Wildman–Crippen LogP) is 29.8. The molecule has 586 valence electrons. The van der Waals surface area contributed by atoms with E-state index in [9.17, 15) is 5.48 Å². The van der Waals surface area contributed by atoms with Gasteiger partial charge in [-0.15, -0.1) is 0 Å². The summed E-state index contributed by atoms with van der Waals surface area (Å²) in [5, 5.41) is 3.42. The van der Waals surface area contributed by atoms with Gasteiger partial charge in [0.25, 0.3) is 6.71 Å². The fourth-order valence-electron chi connectivity index (χ4n) is 18.5. The molecule has 0 atom stereocenters. The Labute approximate surface area is 710 Å². The second-order valence-electron chi connectivity index (χ2n) is 39.6. The second kappa shape index (κ2) is 28.1. The first-order valence-electron chi connectivity index (χ1n) is 44.5. The monoisotopic (exact) mass is 1550 g/mol. The number of hydrogen-bond donors (Lipinski definition) is 0. The summed E-state index contributed by atoms with van der Waals surface area (Å²) in [4.78, 5) is 5.35. The zero-order valence-corrected chi connectivity index (χ0v) is 72.2. The van der Waals surface area contributed by atoms with Crippen LogP contribution in [0.25, 0.3) is 122 Å². The van der Waals surface area contributed by atoms with Crippen molar-refractivity contribution >= 4 is 101 Å². The molecule has 0 fully saturated rings. The topological polar surface area (TPSA) is 16.3 Å². The minimum absolute atomic E-state index is 0.0897. The van der Waals surface area contributed by atoms with Gasteiger partial charge in [-0.05, 0) is 218 Å². The van der Waals surface area contributed by atoms with E-state index >= 15 is 0 Å². The van der Waals surface area contributed by atoms with Crippen LogP contribution in [0.3, 0.4) is 0 Å². The van der Waals surface area contributed by atoms with Crippen LogP contribution in [0.2, 0.25) is 0 Å². The van der Waals surface area contributed by atoms with Crippen molar-refractivity contribution in [2.75, 3.05) is 9.80 Å². The third-order valence-corrected chi connectivity index (χ3v) is 25.3. The Morgan fingerprint density at radius 3 is 0.975 bits per heavy atom. The van der Waals surface area contributed by atoms with Crippen LogP contribution in [0.4, 0.5) is 34.1 Å². The van der Waals surface area contributed by atoms with Crippen LogP contribution in [0.5, 0.6) is 0 Å². The molecule has 119 heavy (non-hydrogen) atoms. The smallest absolute Gasteiger partial charge is 0.252 e. The average molecular weight is 1550 g/mol. The van der Waals surface area contributed by atoms with Gasteiger partial charge in [0.15, 0.2) is 0 Å². The maximum Gasteiger partial charge on any atom is 0.252 e. The van der Waals surface area contributed by atoms with Crippen molar-refractivity contribution in [1.82, 2.24) is 9.13 Å². The molecule has 0 unspecified atom stereocenters. The summed E-state index contributed by atoms with van der Waals surface area (Å²) >= 11 is 0. The Balaban J connectivity index is 1.02. The van der Waals surface area contributed by atoms with Gasteiger partial charge in [-0.2, -0.15) is 0 Å². The zero-order chi connectivity index (χ0) is 86.2. The lowest BCUT2D eigenvalue weighted by Gasteiger charge is -2.46. The van der Waals surface area contributed by atoms with Gasteiger partial charge in [0.1, 0.15) is 0 Å². The van der Waals surface area contributed by atoms with Crippen molar-refractivity contribution in [3.63, 3.8) is 0 Å². The molecule has 0 saturated heterocycles. The molecule has 0 aliphatic carbocycles. The minimum Gasteiger partial charge on any atom is -0.310 e. The summed E-state index contributed by atoms with van der Waals surface area (Å²) in [7, 11) is 0. The molecule has 0 N–H and O–H groups in total. The third kappa shape index (κ3) is 13.3. The van der Waals surface area contributed by atoms with Crippen LogP contribution in [0, 0.1) is 0 Å². The average Bonchev–Trinajstić information content (AvgIpc) is 0.776. The molecular weight excluding hydrogens is 1440 g/mol. The number of fused-ring (bicyclic) bond motifs is 10. The summed E-state index contributed by atoms with van der Waals surface area (Å²) in [5.41, 5.74) is 33.6. The lowest BCUT2D eigenvalue weighted by molar-refractivity contribution is 0.568. The molecule has 15 aromatic carbocycles. The van der Waals surface area contributed by atoms with Crippen molar-refractivity contribution in [1.29, 1.82) is 0 Å². The van der Waals surface area contributed by atoms with Gasteiger partial charge in [0.05, 0.1) is 38.9 Å². The molecule has 17 aromatic rings. The maximum atomic E-state index is 10.3. The third-order valence-electron chi connectivity index (χ3n) is 25.3. The molecule has 4 heterocycles. The highest BCUT2D eigenvalue weighted by Gasteiger charge is 2.47. The Bertz CT molecular complexity index is 6910. The van der Waals surface area contributed by atoms with Gasteiger partial charge in [0.2, 0.25) is 0 Å². The van der Waals surface area contributed by atoms with Crippen LogP contribution < -0.4 is 26.2 Å². The van der Waals surface area contributed by atoms with Gasteiger partial charge in [-0.1, -0.05) is 355 Å². The van der Waals surface area contributed by atoms with Crippen LogP contribution in [-0.2, 0) is 32.5 Å². The van der Waals surface area contributed by atoms with Crippen LogP contribution in [0.1, 0.15) is 163 Å². The molecule has 2 aliphatic heterocycles. The standard InChI is InChI=1S/C114H107BN4/c1-109(2,3)80-57-77(58-81(64-80)110(4,5)6)76-51-54-96-102(61-76)118(107-91(72-37-23-19-24-38-72)66-84(113(13,14)15)67-92(107)73-39-25-20-26-40-73)104-62-79(78-59-82(111(7,8)9)65-83(60-78)112(10,11)12)63-105-106(104)115(96)97-55-52-87(71-103(97)119(105)108-93(74-41-27-21-28-42-74)68-85(114(16,17)18)69-94(108)75-43-29-22-30-44-75)117-100-50-36-33-47-90(100)95-70-86(53-56-101(95)117)116-98-48-34-31-45-88(98)89-46-32-35-49-99(89)116/h19-71H,1-18H3/i33D,36D,47D,50D. The molecule has 5 heteroatoms. The highest BCUT2D eigenvalue weighted by atomic mass is 15.2. The fourth-order valence-corrected chi connectivity index (χ4v) is 18.5. The van der Waals surface area contributed by atoms with E-state index in [1.807, 2.05) is 0 Å². The van der Waals surface area contributed by atoms with Gasteiger partial charge < -0.3 is 18.9 Å². The molecule has 0 spiro atoms. The number of aromatic nitrogens is 2. The Morgan fingerprint density at radius 1 is 0.235 bits per heavy atom. The van der Waals surface area contributed by atoms with E-state index in [-0.39, 0.29) is 56.7 Å². The first-order chi connectivity index (χ1) is 58.5. The molecule has 0 bridgehead atoms. The van der Waals surface area contributed by atoms with E-state index in [0.717, 1.165) is 156 Å². The molecule has 0 saturated carbocycles. The first-order valence-corrected chi connectivity index (χ1v) is 42.5. The van der Waals surface area contributed by atoms with Gasteiger partial charge >= 0.3 is 0 Å². The maximum absolute atomic E-state index is 10.3. The van der Waals surface area contributed by atoms with Crippen molar-refractivity contribution < 1.29 is 5.48 Å². The Hall–Kier alpha value is -12.4. The lowest BCUT2D eigenvalue weighted by atomic mass is 9.33. The van der Waals surface area contributed by atoms with Crippen LogP contribution in [0.15, 0.2) is 321 Å². The summed E-state index contributed by atoms with van der Waals surface area (Å²) in [6.07, 6.45) is 0. The van der Waals surface area contributed by atoms with Crippen LogP contribution >= 0.6 is 0 Å². The zero-order valence-electron chi connectivity index (χ0n) is 76.2. The van der Waals surface area contributed by atoms with E-state index in [2.05, 4.69) is 441 Å². The summed E-state index contributed by atoms with van der Waals surface area (Å²) in [5.74, 6) is 0. The number of para-hydroxylation sites is 3. The van der Waals surface area contributed by atoms with Crippen LogP contribution in [-0.4, -0.2) is 15.8 Å². The van der Waals surface area contributed by atoms with Gasteiger partial charge in [0, 0.05) is 77.9 Å². The van der Waals surface area contributed by atoms with Crippen molar-refractivity contribution in [3.05, 3.63) is 355 Å². The summed E-state index contributed by atoms with van der Waals surface area (Å²) in [6.45, 7) is 41.7. The SMILES string of the molecule is [2H]c1c([2H])c([2H])c2c(c1[2H])c1cc(-n3c4ccccc4c4ccccc43)ccc1n2-c1ccc2c(c1)N(c1c(-c3ccccc3)cc(C(C)(C)C)cc1-c1ccccc1)c1cc(-c3cc(C(C)(C)C)cc(C(C)(C)C)c3)cc3c1B2c1ccc(-c2cc(C(C)(C)C)cc(C(C)(C)C)c2)cc1N3c1c(-c2ccccc2)cc(C(C)(C)C)cc1-c1ccccc1. The van der Waals surface area contributed by atoms with Crippen molar-refractivity contribution in [3.8, 4) is 78.1 Å². The van der Waals surface area contributed by atoms with Gasteiger partial charge in [-0.25, -0.2) is 0 Å². The molecule has 2 aliphatic rings. The second-order valence-corrected chi connectivity index (χ2v) is 39.6. The molecular formula is C114H107BN4. The highest BCUT2D eigenvalue weighted by Crippen LogP contribution is 2.57. The first kappa shape index (κ1) is 71.8. The number of rotatable bonds is 10. The predicted molar refractivity (Wildman–Crippen MR) is 514 cm³/mol. The molecule has 2 aromatic heterocycles. The number of benzene rings is 15. The molecule has 0 amide bonds. The van der Waals surface area contributed by atoms with E-state index < -0.39 is 6.71 Å². The van der Waals surface area contributed by atoms with Crippen molar-refractivity contribution in [2.24, 2.45) is 0 Å². The molecule has 19 rings (SSSR count). The normalized spacial score (nSPS) is 13.7. The Kier molecular flexibility index (Phi) is 17.0. The highest BCUT2D eigenvalue weighted by molar-refractivity contribution is 7.00. The number of nitrogens with zero attached hydrogens (tertiary/aromatic N) is 4. The van der Waals surface area contributed by atoms with Crippen molar-refractivity contribution in [2.45, 2.75) is 157 Å². The Morgan fingerprint density at radius 2 is 0.555 bits per heavy atom. The van der Waals surface area contributed by atoms with E-state index in [0.29, 0.717) is 16.3 Å². The number of anilines is 6. The molecule has 0 radical (unpaired) electrons. The largest absolute Gasteiger partial charge is 0.310 e. The summed E-state index contributed by atoms with van der Waals surface area (Å²) in [6, 6.07) is 111. The van der Waals surface area contributed by atoms with Gasteiger partial charge in [-0.3, -0.25) is 0 Å². The van der Waals surface area contributed by atoms with E-state index in [1.165, 1.54) is 33.4 Å². The quantitative estimate of drug-likeness (QED) is 0.127.